The zero-order chi connectivity index (χ0) is 26.1. The van der Waals surface area contributed by atoms with Crippen LogP contribution in [-0.2, 0) is 23.4 Å². The Hall–Kier alpha value is -3.51. The summed E-state index contributed by atoms with van der Waals surface area (Å²) in [5, 5.41) is 4.41. The van der Waals surface area contributed by atoms with E-state index in [0.29, 0.717) is 18.8 Å². The summed E-state index contributed by atoms with van der Waals surface area (Å²) in [4.78, 5) is 32.0. The molecule has 1 N–H and O–H groups in total. The molecular formula is C32H33N3O2S. The van der Waals surface area contributed by atoms with Crippen LogP contribution < -0.4 is 5.32 Å². The number of benzene rings is 3. The van der Waals surface area contributed by atoms with Gasteiger partial charge in [0.25, 0.3) is 11.8 Å². The maximum atomic E-state index is 14.6. The summed E-state index contributed by atoms with van der Waals surface area (Å²) < 4.78 is 2.05. The van der Waals surface area contributed by atoms with E-state index in [1.165, 1.54) is 11.3 Å². The molecule has 1 saturated carbocycles. The van der Waals surface area contributed by atoms with Crippen molar-refractivity contribution in [2.75, 3.05) is 6.26 Å². The Morgan fingerprint density at radius 3 is 2.39 bits per heavy atom. The van der Waals surface area contributed by atoms with Gasteiger partial charge in [-0.25, -0.2) is 0 Å². The third-order valence-corrected chi connectivity index (χ3v) is 8.93. The van der Waals surface area contributed by atoms with E-state index in [9.17, 15) is 9.59 Å². The van der Waals surface area contributed by atoms with Gasteiger partial charge in [-0.3, -0.25) is 9.59 Å². The summed E-state index contributed by atoms with van der Waals surface area (Å²) in [5.41, 5.74) is 2.27. The zero-order valence-electron chi connectivity index (χ0n) is 21.7. The van der Waals surface area contributed by atoms with Gasteiger partial charge in [-0.1, -0.05) is 79.9 Å². The second-order valence-corrected chi connectivity index (χ2v) is 11.3. The van der Waals surface area contributed by atoms with Gasteiger partial charge in [0.15, 0.2) is 5.54 Å². The van der Waals surface area contributed by atoms with E-state index in [0.717, 1.165) is 47.7 Å². The van der Waals surface area contributed by atoms with E-state index in [2.05, 4.69) is 40.4 Å². The van der Waals surface area contributed by atoms with Gasteiger partial charge in [0, 0.05) is 28.4 Å². The molecule has 2 heterocycles. The minimum Gasteiger partial charge on any atom is -0.351 e. The molecule has 5 nitrogen and oxygen atoms in total. The number of amides is 2. The van der Waals surface area contributed by atoms with Crippen LogP contribution in [0.3, 0.4) is 0 Å². The van der Waals surface area contributed by atoms with Crippen LogP contribution in [0.2, 0.25) is 0 Å². The largest absolute Gasteiger partial charge is 0.351 e. The monoisotopic (exact) mass is 523 g/mol. The number of para-hydroxylation sites is 1. The Labute approximate surface area is 228 Å². The van der Waals surface area contributed by atoms with Crippen LogP contribution in [0.1, 0.15) is 53.7 Å². The number of carbonyl (C=O) groups is 2. The van der Waals surface area contributed by atoms with Gasteiger partial charge in [-0.05, 0) is 54.5 Å². The van der Waals surface area contributed by atoms with E-state index in [4.69, 9.17) is 0 Å². The third kappa shape index (κ3) is 4.31. The molecule has 6 heteroatoms. The van der Waals surface area contributed by atoms with Crippen LogP contribution in [0.5, 0.6) is 0 Å². The van der Waals surface area contributed by atoms with Gasteiger partial charge in [-0.2, -0.15) is 0 Å². The Kier molecular flexibility index (Phi) is 6.75. The molecule has 2 aliphatic rings. The van der Waals surface area contributed by atoms with Crippen molar-refractivity contribution in [3.63, 3.8) is 0 Å². The summed E-state index contributed by atoms with van der Waals surface area (Å²) in [6.07, 6.45) is 7.49. The molecule has 6 rings (SSSR count). The summed E-state index contributed by atoms with van der Waals surface area (Å²) in [6, 6.07) is 28.3. The highest BCUT2D eigenvalue weighted by Crippen LogP contribution is 2.40. The highest BCUT2D eigenvalue weighted by atomic mass is 32.2. The van der Waals surface area contributed by atoms with Crippen LogP contribution in [0.15, 0.2) is 89.8 Å². The highest BCUT2D eigenvalue weighted by molar-refractivity contribution is 7.98. The topological polar surface area (TPSA) is 54.3 Å². The molecule has 1 atom stereocenters. The number of carbonyl (C=O) groups excluding carboxylic acids is 2. The predicted molar refractivity (Wildman–Crippen MR) is 153 cm³/mol. The smallest absolute Gasteiger partial charge is 0.272 e. The molecule has 4 aromatic rings. The summed E-state index contributed by atoms with van der Waals surface area (Å²) in [5.74, 6) is -0.211. The molecule has 3 aromatic carbocycles. The number of hydrogen-bond donors (Lipinski definition) is 1. The lowest BCUT2D eigenvalue weighted by atomic mass is 9.83. The van der Waals surface area contributed by atoms with Crippen molar-refractivity contribution >= 4 is 34.5 Å². The fraction of sp³-hybridized carbons (Fsp3) is 0.312. The van der Waals surface area contributed by atoms with Gasteiger partial charge in [0.1, 0.15) is 5.69 Å². The molecule has 1 aromatic heterocycles. The molecule has 2 amide bonds. The van der Waals surface area contributed by atoms with E-state index in [1.807, 2.05) is 65.6 Å². The van der Waals surface area contributed by atoms with Crippen molar-refractivity contribution in [1.29, 1.82) is 0 Å². The summed E-state index contributed by atoms with van der Waals surface area (Å²) in [7, 11) is 0. The number of fused-ring (bicyclic) bond motifs is 3. The molecule has 194 valence electrons. The standard InChI is InChI=1S/C32H33N3O2S/c1-38-27-18-16-23(17-19-27)21-35-30(36)29-20-24-10-8-9-15-28(24)34(29)22-32(35,25-11-4-2-5-12-25)31(37)33-26-13-6-3-7-14-26/h2,4-5,8-12,15-20,26H,3,6-7,13-14,21-22H2,1H3,(H,33,37)/t32-/m0/s1. The average molecular weight is 524 g/mol. The Morgan fingerprint density at radius 2 is 1.66 bits per heavy atom. The molecular weight excluding hydrogens is 490 g/mol. The van der Waals surface area contributed by atoms with Crippen LogP contribution in [-0.4, -0.2) is 33.6 Å². The first kappa shape index (κ1) is 24.8. The SMILES string of the molecule is CSc1ccc(CN2C(=O)c3cc4ccccc4n3C[C@@]2(C(=O)NC2CCCCC2)c2ccccc2)cc1. The number of aromatic nitrogens is 1. The minimum absolute atomic E-state index is 0.0897. The minimum atomic E-state index is -1.18. The third-order valence-electron chi connectivity index (χ3n) is 8.19. The van der Waals surface area contributed by atoms with Crippen LogP contribution in [0.25, 0.3) is 10.9 Å². The van der Waals surface area contributed by atoms with Gasteiger partial charge in [-0.15, -0.1) is 11.8 Å². The van der Waals surface area contributed by atoms with E-state index in [1.54, 1.807) is 11.8 Å². The maximum absolute atomic E-state index is 14.6. The number of nitrogens with zero attached hydrogens (tertiary/aromatic N) is 2. The van der Waals surface area contributed by atoms with Gasteiger partial charge >= 0.3 is 0 Å². The molecule has 1 aliphatic carbocycles. The fourth-order valence-electron chi connectivity index (χ4n) is 6.14. The van der Waals surface area contributed by atoms with Crippen LogP contribution in [0.4, 0.5) is 0 Å². The van der Waals surface area contributed by atoms with Crippen LogP contribution >= 0.6 is 11.8 Å². The van der Waals surface area contributed by atoms with Gasteiger partial charge in [0.05, 0.1) is 6.54 Å². The molecule has 0 saturated heterocycles. The molecule has 1 fully saturated rings. The van der Waals surface area contributed by atoms with E-state index in [-0.39, 0.29) is 17.9 Å². The van der Waals surface area contributed by atoms with Crippen LogP contribution in [0, 0.1) is 0 Å². The predicted octanol–water partition coefficient (Wildman–Crippen LogP) is 6.36. The second-order valence-electron chi connectivity index (χ2n) is 10.4. The van der Waals surface area contributed by atoms with E-state index >= 15 is 0 Å². The maximum Gasteiger partial charge on any atom is 0.272 e. The quantitative estimate of drug-likeness (QED) is 0.299. The van der Waals surface area contributed by atoms with Crippen molar-refractivity contribution in [2.24, 2.45) is 0 Å². The van der Waals surface area contributed by atoms with Crippen molar-refractivity contribution in [2.45, 2.75) is 61.7 Å². The lowest BCUT2D eigenvalue weighted by Crippen LogP contribution is -2.64. The van der Waals surface area contributed by atoms with Gasteiger partial charge in [0.2, 0.25) is 0 Å². The first-order chi connectivity index (χ1) is 18.6. The molecule has 0 unspecified atom stereocenters. The summed E-state index contributed by atoms with van der Waals surface area (Å²) in [6.45, 7) is 0.717. The first-order valence-electron chi connectivity index (χ1n) is 13.5. The Bertz CT molecular complexity index is 1460. The number of nitrogens with one attached hydrogen (secondary N) is 1. The molecule has 38 heavy (non-hydrogen) atoms. The van der Waals surface area contributed by atoms with Crippen molar-refractivity contribution < 1.29 is 9.59 Å². The normalized spacial score (nSPS) is 19.9. The lowest BCUT2D eigenvalue weighted by Gasteiger charge is -2.47. The van der Waals surface area contributed by atoms with Crippen molar-refractivity contribution in [1.82, 2.24) is 14.8 Å². The average Bonchev–Trinajstić information content (AvgIpc) is 3.34. The lowest BCUT2D eigenvalue weighted by molar-refractivity contribution is -0.136. The molecule has 0 radical (unpaired) electrons. The van der Waals surface area contributed by atoms with Gasteiger partial charge < -0.3 is 14.8 Å². The number of thioether (sulfide) groups is 1. The number of hydrogen-bond acceptors (Lipinski definition) is 3. The first-order valence-corrected chi connectivity index (χ1v) is 14.7. The Balaban J connectivity index is 1.52. The van der Waals surface area contributed by atoms with E-state index < -0.39 is 5.54 Å². The fourth-order valence-corrected chi connectivity index (χ4v) is 6.55. The number of rotatable bonds is 6. The molecule has 0 spiro atoms. The van der Waals surface area contributed by atoms with Crippen molar-refractivity contribution in [3.05, 3.63) is 102 Å². The Morgan fingerprint density at radius 1 is 0.947 bits per heavy atom. The van der Waals surface area contributed by atoms with Crippen molar-refractivity contribution in [3.8, 4) is 0 Å². The molecule has 1 aliphatic heterocycles. The zero-order valence-corrected chi connectivity index (χ0v) is 22.5. The highest BCUT2D eigenvalue weighted by Gasteiger charge is 2.52. The second kappa shape index (κ2) is 10.3. The summed E-state index contributed by atoms with van der Waals surface area (Å²) >= 11 is 1.69. The molecule has 0 bridgehead atoms.